The first-order valence-electron chi connectivity index (χ1n) is 18.3. The maximum absolute atomic E-state index is 2.44. The fraction of sp³-hybridized carbons (Fsp3) is 0. The van der Waals surface area contributed by atoms with Gasteiger partial charge in [0.1, 0.15) is 0 Å². The minimum absolute atomic E-state index is 1.22. The first-order valence-corrected chi connectivity index (χ1v) is 19.1. The van der Waals surface area contributed by atoms with Gasteiger partial charge in [-0.2, -0.15) is 0 Å². The van der Waals surface area contributed by atoms with Crippen LogP contribution in [0.3, 0.4) is 0 Å². The van der Waals surface area contributed by atoms with Crippen LogP contribution in [0.4, 0.5) is 0 Å². The lowest BCUT2D eigenvalue weighted by atomic mass is 9.83. The van der Waals surface area contributed by atoms with Crippen LogP contribution in [-0.4, -0.2) is 0 Å². The molecule has 0 unspecified atom stereocenters. The fourth-order valence-electron chi connectivity index (χ4n) is 8.60. The van der Waals surface area contributed by atoms with E-state index in [2.05, 4.69) is 194 Å². The summed E-state index contributed by atoms with van der Waals surface area (Å²) in [4.78, 5) is 0. The Morgan fingerprint density at radius 3 is 1.45 bits per heavy atom. The number of hydrogen-bond donors (Lipinski definition) is 0. The highest BCUT2D eigenvalue weighted by molar-refractivity contribution is 7.25. The molecule has 0 aliphatic rings. The van der Waals surface area contributed by atoms with Crippen molar-refractivity contribution in [3.8, 4) is 44.5 Å². The highest BCUT2D eigenvalue weighted by atomic mass is 32.1. The van der Waals surface area contributed by atoms with E-state index in [1.807, 2.05) is 11.3 Å². The van der Waals surface area contributed by atoms with Crippen LogP contribution in [0, 0.1) is 0 Å². The van der Waals surface area contributed by atoms with Gasteiger partial charge in [-0.1, -0.05) is 170 Å². The zero-order valence-electron chi connectivity index (χ0n) is 28.9. The van der Waals surface area contributed by atoms with Crippen molar-refractivity contribution in [1.82, 2.24) is 0 Å². The van der Waals surface area contributed by atoms with Crippen LogP contribution in [0.2, 0.25) is 0 Å². The SMILES string of the molecule is c1ccc2c(-c3ccc(-c4c5ccccc5c(-c5cccc6ccccc56)c5ccc(-c6ccc7sc8ccccc8c7c6)cc45)cc3)cccc2c1. The fourth-order valence-corrected chi connectivity index (χ4v) is 9.69. The van der Waals surface area contributed by atoms with Crippen molar-refractivity contribution in [2.45, 2.75) is 0 Å². The van der Waals surface area contributed by atoms with E-state index in [0.717, 1.165) is 0 Å². The summed E-state index contributed by atoms with van der Waals surface area (Å²) in [6, 6.07) is 71.9. The third kappa shape index (κ3) is 4.82. The predicted octanol–water partition coefficient (Wildman–Crippen LogP) is 15.3. The highest BCUT2D eigenvalue weighted by Crippen LogP contribution is 2.47. The molecule has 0 N–H and O–H groups in total. The predicted molar refractivity (Wildman–Crippen MR) is 231 cm³/mol. The molecule has 11 aromatic rings. The quantitative estimate of drug-likeness (QED) is 0.162. The molecule has 11 rings (SSSR count). The molecule has 1 heteroatoms. The van der Waals surface area contributed by atoms with Crippen molar-refractivity contribution >= 4 is 74.6 Å². The molecule has 0 radical (unpaired) electrons. The minimum atomic E-state index is 1.22. The molecule has 0 amide bonds. The lowest BCUT2D eigenvalue weighted by molar-refractivity contribution is 1.63. The van der Waals surface area contributed by atoms with Crippen LogP contribution >= 0.6 is 11.3 Å². The zero-order valence-corrected chi connectivity index (χ0v) is 29.7. The Morgan fingerprint density at radius 1 is 0.245 bits per heavy atom. The van der Waals surface area contributed by atoms with Crippen molar-refractivity contribution in [2.75, 3.05) is 0 Å². The Labute approximate surface area is 311 Å². The third-order valence-corrected chi connectivity index (χ3v) is 12.2. The number of benzene rings is 10. The largest absolute Gasteiger partial charge is 0.135 e. The van der Waals surface area contributed by atoms with E-state index >= 15 is 0 Å². The Hall–Kier alpha value is -6.54. The molecule has 0 spiro atoms. The van der Waals surface area contributed by atoms with Crippen LogP contribution in [0.5, 0.6) is 0 Å². The summed E-state index contributed by atoms with van der Waals surface area (Å²) in [6.07, 6.45) is 0. The standard InChI is InChI=1S/C52H32S/c1-3-15-39-33(11-1)13-9-20-40(39)35-23-25-36(26-24-35)51-44-18-5-6-19-45(44)52(43-21-10-14-34-12-2-4-16-41(34)43)46-29-27-37(32-48(46)51)38-28-30-50-47(31-38)42-17-7-8-22-49(42)53-50/h1-32H. The third-order valence-electron chi connectivity index (χ3n) is 11.1. The molecule has 0 saturated heterocycles. The molecule has 0 saturated carbocycles. The van der Waals surface area contributed by atoms with E-state index in [0.29, 0.717) is 0 Å². The van der Waals surface area contributed by atoms with Crippen molar-refractivity contribution in [3.05, 3.63) is 194 Å². The smallest absolute Gasteiger partial charge is 0.0355 e. The van der Waals surface area contributed by atoms with Crippen LogP contribution in [0.1, 0.15) is 0 Å². The van der Waals surface area contributed by atoms with Crippen LogP contribution < -0.4 is 0 Å². The van der Waals surface area contributed by atoms with E-state index in [4.69, 9.17) is 0 Å². The molecule has 10 aromatic carbocycles. The molecular formula is C52H32S. The maximum atomic E-state index is 2.44. The number of rotatable bonds is 4. The van der Waals surface area contributed by atoms with Gasteiger partial charge in [0.05, 0.1) is 0 Å². The zero-order chi connectivity index (χ0) is 34.9. The Kier molecular flexibility index (Phi) is 6.83. The average molecular weight is 689 g/mol. The first kappa shape index (κ1) is 30.1. The minimum Gasteiger partial charge on any atom is -0.135 e. The van der Waals surface area contributed by atoms with Crippen molar-refractivity contribution < 1.29 is 0 Å². The molecule has 246 valence electrons. The summed E-state index contributed by atoms with van der Waals surface area (Å²) in [7, 11) is 0. The molecule has 0 aliphatic heterocycles. The summed E-state index contributed by atoms with van der Waals surface area (Å²) in [5.41, 5.74) is 9.99. The summed E-state index contributed by atoms with van der Waals surface area (Å²) in [6.45, 7) is 0. The Bertz CT molecular complexity index is 3210. The van der Waals surface area contributed by atoms with Crippen LogP contribution in [0.15, 0.2) is 194 Å². The van der Waals surface area contributed by atoms with E-state index in [1.54, 1.807) is 0 Å². The van der Waals surface area contributed by atoms with Crippen molar-refractivity contribution in [2.24, 2.45) is 0 Å². The van der Waals surface area contributed by atoms with Gasteiger partial charge in [0.2, 0.25) is 0 Å². The first-order chi connectivity index (χ1) is 26.3. The van der Waals surface area contributed by atoms with E-state index in [1.165, 1.54) is 108 Å². The molecule has 0 atom stereocenters. The van der Waals surface area contributed by atoms with Gasteiger partial charge in [-0.05, 0) is 112 Å². The monoisotopic (exact) mass is 688 g/mol. The molecule has 0 fully saturated rings. The molecule has 0 aliphatic carbocycles. The highest BCUT2D eigenvalue weighted by Gasteiger charge is 2.19. The summed E-state index contributed by atoms with van der Waals surface area (Å²) < 4.78 is 2.66. The van der Waals surface area contributed by atoms with Gasteiger partial charge in [0.15, 0.2) is 0 Å². The Morgan fingerprint density at radius 2 is 0.717 bits per heavy atom. The number of hydrogen-bond acceptors (Lipinski definition) is 1. The second-order valence-electron chi connectivity index (χ2n) is 14.0. The van der Waals surface area contributed by atoms with Gasteiger partial charge in [-0.3, -0.25) is 0 Å². The van der Waals surface area contributed by atoms with Crippen molar-refractivity contribution in [1.29, 1.82) is 0 Å². The summed E-state index contributed by atoms with van der Waals surface area (Å²) in [5.74, 6) is 0. The lowest BCUT2D eigenvalue weighted by Gasteiger charge is -2.20. The molecule has 0 nitrogen and oxygen atoms in total. The van der Waals surface area contributed by atoms with Crippen LogP contribution in [-0.2, 0) is 0 Å². The van der Waals surface area contributed by atoms with E-state index in [9.17, 15) is 0 Å². The van der Waals surface area contributed by atoms with E-state index in [-0.39, 0.29) is 0 Å². The summed E-state index contributed by atoms with van der Waals surface area (Å²) in [5, 5.41) is 12.8. The molecule has 1 heterocycles. The lowest BCUT2D eigenvalue weighted by Crippen LogP contribution is -1.92. The topological polar surface area (TPSA) is 0 Å². The van der Waals surface area contributed by atoms with Gasteiger partial charge < -0.3 is 0 Å². The summed E-state index contributed by atoms with van der Waals surface area (Å²) >= 11 is 1.87. The maximum Gasteiger partial charge on any atom is 0.0355 e. The van der Waals surface area contributed by atoms with Crippen LogP contribution in [0.25, 0.3) is 108 Å². The number of fused-ring (bicyclic) bond motifs is 7. The second kappa shape index (κ2) is 12.0. The molecule has 1 aromatic heterocycles. The Balaban J connectivity index is 1.19. The van der Waals surface area contributed by atoms with Gasteiger partial charge in [0, 0.05) is 20.2 Å². The van der Waals surface area contributed by atoms with E-state index < -0.39 is 0 Å². The molecule has 0 bridgehead atoms. The van der Waals surface area contributed by atoms with Crippen molar-refractivity contribution in [3.63, 3.8) is 0 Å². The molecule has 53 heavy (non-hydrogen) atoms. The van der Waals surface area contributed by atoms with Gasteiger partial charge in [0.25, 0.3) is 0 Å². The van der Waals surface area contributed by atoms with Gasteiger partial charge in [-0.15, -0.1) is 11.3 Å². The average Bonchev–Trinajstić information content (AvgIpc) is 3.60. The molecular weight excluding hydrogens is 657 g/mol. The van der Waals surface area contributed by atoms with Gasteiger partial charge in [-0.25, -0.2) is 0 Å². The normalized spacial score (nSPS) is 11.8. The van der Waals surface area contributed by atoms with Gasteiger partial charge >= 0.3 is 0 Å². The number of thiophene rings is 1. The second-order valence-corrected chi connectivity index (χ2v) is 15.1.